The Morgan fingerprint density at radius 1 is 0.382 bits per heavy atom. The molecule has 566 valence electrons. The number of ether oxygens (including phenoxy) is 6. The molecule has 2 fully saturated rings. The van der Waals surface area contributed by atoms with E-state index in [-0.39, 0.29) is 81.4 Å². The van der Waals surface area contributed by atoms with Crippen LogP contribution < -0.4 is 9.47 Å². The summed E-state index contributed by atoms with van der Waals surface area (Å²) in [6, 6.07) is 71.9. The number of phenolic OH excluding ortho intramolecular Hbond substituents is 4. The number of hydrogen-bond donors (Lipinski definition) is 8. The van der Waals surface area contributed by atoms with Gasteiger partial charge in [-0.1, -0.05) is 146 Å². The van der Waals surface area contributed by atoms with E-state index < -0.39 is 31.3 Å². The maximum atomic E-state index is 12.8. The van der Waals surface area contributed by atoms with Crippen molar-refractivity contribution in [2.45, 2.75) is 85.6 Å². The average molecular weight is 1540 g/mol. The number of rotatable bonds is 22. The van der Waals surface area contributed by atoms with Crippen LogP contribution >= 0.6 is 0 Å². The van der Waals surface area contributed by atoms with Crippen molar-refractivity contribution in [3.05, 3.63) is 271 Å². The summed E-state index contributed by atoms with van der Waals surface area (Å²) in [5.74, 6) is 1.63. The van der Waals surface area contributed by atoms with E-state index in [1.807, 2.05) is 97.1 Å². The third kappa shape index (κ3) is 19.9. The van der Waals surface area contributed by atoms with Crippen LogP contribution in [0.3, 0.4) is 0 Å². The normalized spacial score (nSPS) is 14.6. The number of phenols is 4. The van der Waals surface area contributed by atoms with Crippen molar-refractivity contribution in [1.29, 1.82) is 0 Å². The van der Waals surface area contributed by atoms with Crippen molar-refractivity contribution in [2.75, 3.05) is 27.1 Å². The molecule has 110 heavy (non-hydrogen) atoms. The van der Waals surface area contributed by atoms with E-state index in [1.54, 1.807) is 128 Å². The summed E-state index contributed by atoms with van der Waals surface area (Å²) in [4.78, 5) is -0.291. The Labute approximate surface area is 640 Å². The van der Waals surface area contributed by atoms with Gasteiger partial charge in [-0.3, -0.25) is 13.3 Å². The Bertz CT molecular complexity index is 5210. The van der Waals surface area contributed by atoms with Crippen LogP contribution in [0.15, 0.2) is 269 Å². The van der Waals surface area contributed by atoms with E-state index in [9.17, 15) is 65.3 Å². The molecule has 2 aliphatic heterocycles. The molecule has 2 heterocycles. The minimum absolute atomic E-state index is 0.0191. The number of methoxy groups -OCH3 is 1. The summed E-state index contributed by atoms with van der Waals surface area (Å²) in [5, 5.41) is 57.6. The molecule has 0 amide bonds. The van der Waals surface area contributed by atoms with Crippen molar-refractivity contribution in [3.63, 3.8) is 0 Å². The minimum atomic E-state index is -4.65. The number of aromatic hydroxyl groups is 4. The molecule has 20 nitrogen and oxygen atoms in total. The molecule has 3 unspecified atom stereocenters. The summed E-state index contributed by atoms with van der Waals surface area (Å²) in [5.41, 5.74) is 12.8. The summed E-state index contributed by atoms with van der Waals surface area (Å²) in [6.07, 6.45) is 5.36. The van der Waals surface area contributed by atoms with Crippen LogP contribution in [0.25, 0.3) is 100 Å². The maximum Gasteiger partial charge on any atom is 0.295 e. The second-order valence-electron chi connectivity index (χ2n) is 26.1. The minimum Gasteiger partial charge on any atom is -0.768 e. The fraction of sp³-hybridized carbons (Fsp3) is 0.172. The SMILES string of the molecule is COCOCc1ccc(-c2cc(-c3ccc(CO)cc3)cc(-c3ccc(CO)cc3)c2S(=O)(=O)O)cc1.O=S(=O)(O)c1c(-c2ccc(O)cc2)cc(-c2ccc(O)cc2)cc1-c1ccc(O)cc1.O=S([O-])c1c(-c2ccc(OC3CCCCO3)cc2)cc(-c2ccc(O)cc2)cc1-c1ccc(OC2CCCCO2)cc1. The number of aliphatic hydroxyl groups excluding tert-OH is 2. The molecule has 0 saturated carbocycles. The van der Waals surface area contributed by atoms with Gasteiger partial charge in [0.05, 0.1) is 33.0 Å². The lowest BCUT2D eigenvalue weighted by Crippen LogP contribution is -2.24. The molecule has 2 aliphatic rings. The highest BCUT2D eigenvalue weighted by molar-refractivity contribution is 7.86. The Morgan fingerprint density at radius 2 is 0.655 bits per heavy atom. The monoisotopic (exact) mass is 1540 g/mol. The Balaban J connectivity index is 0.000000155. The first-order valence-corrected chi connectivity index (χ1v) is 39.1. The van der Waals surface area contributed by atoms with Crippen molar-refractivity contribution >= 4 is 31.3 Å². The van der Waals surface area contributed by atoms with Crippen LogP contribution in [0.1, 0.15) is 55.2 Å². The van der Waals surface area contributed by atoms with Gasteiger partial charge in [-0.15, -0.1) is 0 Å². The molecule has 8 N–H and O–H groups in total. The smallest absolute Gasteiger partial charge is 0.295 e. The molecule has 0 aliphatic carbocycles. The summed E-state index contributed by atoms with van der Waals surface area (Å²) < 4.78 is 130. The highest BCUT2D eigenvalue weighted by Crippen LogP contribution is 2.45. The van der Waals surface area contributed by atoms with Crippen molar-refractivity contribution in [3.8, 4) is 135 Å². The zero-order valence-electron chi connectivity index (χ0n) is 59.6. The molecule has 3 atom stereocenters. The molecule has 0 aromatic heterocycles. The van der Waals surface area contributed by atoms with Crippen LogP contribution in [0, 0.1) is 0 Å². The highest BCUT2D eigenvalue weighted by Gasteiger charge is 2.28. The van der Waals surface area contributed by atoms with Gasteiger partial charge in [0.1, 0.15) is 51.1 Å². The standard InChI is InChI=1S/C34H34O7S.C29H28O7S.C24H18O6S/c35-27-13-7-23(8-14-27)26-21-30(24-9-15-28(16-10-24)40-32-5-1-3-19-38-32)34(42(36)37)31(22-26)25-11-17-29(18-12-25)41-33-6-2-4-20-39-33;1-35-19-36-18-22-6-12-25(13-7-22)28-15-26(23-8-2-20(16-30)3-9-23)14-27(29(28)37(32,33)34)24-10-4-21(17-31)5-11-24;25-19-7-1-15(2-8-19)18-13-22(16-3-9-20(26)10-4-16)24(31(28,29)30)23(14-18)17-5-11-21(27)12-6-17/h7-18,21-22,32-33,35H,1-6,19-20H2,(H,36,37);2-15,30-31H,16-19H2,1H3,(H,32,33,34);1-14,25-27H,(H,28,29,30)/p-1. The van der Waals surface area contributed by atoms with Crippen LogP contribution in [0.4, 0.5) is 0 Å². The van der Waals surface area contributed by atoms with Gasteiger partial charge in [-0.25, -0.2) is 0 Å². The number of benzene rings is 12. The van der Waals surface area contributed by atoms with E-state index in [2.05, 4.69) is 0 Å². The molecule has 0 bridgehead atoms. The average Bonchev–Trinajstić information content (AvgIpc) is 0.773. The van der Waals surface area contributed by atoms with Crippen molar-refractivity contribution in [2.24, 2.45) is 0 Å². The lowest BCUT2D eigenvalue weighted by molar-refractivity contribution is -0.106. The molecule has 23 heteroatoms. The van der Waals surface area contributed by atoms with Gasteiger partial charge in [-0.2, -0.15) is 16.8 Å². The van der Waals surface area contributed by atoms with Gasteiger partial charge >= 0.3 is 0 Å². The van der Waals surface area contributed by atoms with E-state index in [4.69, 9.17) is 28.4 Å². The van der Waals surface area contributed by atoms with E-state index in [1.165, 1.54) is 36.4 Å². The third-order valence-electron chi connectivity index (χ3n) is 18.5. The highest BCUT2D eigenvalue weighted by atomic mass is 32.2. The Kier molecular flexibility index (Phi) is 25.8. The quantitative estimate of drug-likeness (QED) is 0.0135. The fourth-order valence-corrected chi connectivity index (χ4v) is 15.5. The Morgan fingerprint density at radius 3 is 0.936 bits per heavy atom. The molecular weight excluding hydrogens is 1460 g/mol. The maximum absolute atomic E-state index is 12.8. The van der Waals surface area contributed by atoms with Gasteiger partial charge in [0.15, 0.2) is 12.6 Å². The topological polar surface area (TPSA) is 326 Å². The summed E-state index contributed by atoms with van der Waals surface area (Å²) in [6.45, 7) is 1.64. The summed E-state index contributed by atoms with van der Waals surface area (Å²) in [7, 11) is -7.75. The van der Waals surface area contributed by atoms with Crippen LogP contribution in [-0.2, 0) is 70.1 Å². The van der Waals surface area contributed by atoms with Gasteiger partial charge in [0.2, 0.25) is 0 Å². The molecule has 12 aromatic carbocycles. The van der Waals surface area contributed by atoms with E-state index >= 15 is 0 Å². The second kappa shape index (κ2) is 36.1. The summed E-state index contributed by atoms with van der Waals surface area (Å²) >= 11 is -2.54. The zero-order chi connectivity index (χ0) is 77.5. The second-order valence-corrected chi connectivity index (χ2v) is 29.7. The predicted molar refractivity (Wildman–Crippen MR) is 419 cm³/mol. The van der Waals surface area contributed by atoms with E-state index in [0.29, 0.717) is 87.0 Å². The lowest BCUT2D eigenvalue weighted by Gasteiger charge is -2.24. The molecule has 0 spiro atoms. The van der Waals surface area contributed by atoms with E-state index in [0.717, 1.165) is 88.6 Å². The van der Waals surface area contributed by atoms with Crippen LogP contribution in [-0.4, -0.2) is 105 Å². The third-order valence-corrected chi connectivity index (χ3v) is 21.2. The van der Waals surface area contributed by atoms with Gasteiger partial charge < -0.3 is 63.6 Å². The first kappa shape index (κ1) is 78.7. The molecule has 2 saturated heterocycles. The Hall–Kier alpha value is -10.9. The molecular formula is C87H79O20S3-. The largest absolute Gasteiger partial charge is 0.768 e. The molecule has 0 radical (unpaired) electrons. The van der Waals surface area contributed by atoms with Crippen LogP contribution in [0.2, 0.25) is 0 Å². The number of hydrogen-bond acceptors (Lipinski definition) is 18. The zero-order valence-corrected chi connectivity index (χ0v) is 62.0. The molecule has 14 rings (SSSR count). The molecule has 12 aromatic rings. The predicted octanol–water partition coefficient (Wildman–Crippen LogP) is 17.5. The first-order valence-electron chi connectivity index (χ1n) is 35.2. The number of aliphatic hydroxyl groups is 2. The lowest BCUT2D eigenvalue weighted by atomic mass is 9.92. The van der Waals surface area contributed by atoms with Gasteiger partial charge in [-0.05, 0) is 241 Å². The first-order chi connectivity index (χ1) is 53.1. The fourth-order valence-electron chi connectivity index (χ4n) is 13.0. The van der Waals surface area contributed by atoms with Gasteiger partial charge in [0.25, 0.3) is 20.2 Å². The van der Waals surface area contributed by atoms with Crippen molar-refractivity contribution in [1.82, 2.24) is 0 Å². The van der Waals surface area contributed by atoms with Crippen LogP contribution in [0.5, 0.6) is 34.5 Å². The van der Waals surface area contributed by atoms with Gasteiger partial charge in [0, 0.05) is 47.1 Å². The van der Waals surface area contributed by atoms with Crippen molar-refractivity contribution < 1.29 is 93.8 Å².